The minimum atomic E-state index is 0.0828. The molecule has 0 atom stereocenters. The quantitative estimate of drug-likeness (QED) is 0.552. The van der Waals surface area contributed by atoms with Gasteiger partial charge in [-0.05, 0) is 11.6 Å². The number of carbonyl (C=O) groups excluding carboxylic acids is 1. The van der Waals surface area contributed by atoms with Gasteiger partial charge in [-0.15, -0.1) is 0 Å². The summed E-state index contributed by atoms with van der Waals surface area (Å²) in [7, 11) is 1.70. The third-order valence-electron chi connectivity index (χ3n) is 1.11. The van der Waals surface area contributed by atoms with Crippen molar-refractivity contribution in [2.24, 2.45) is 0 Å². The monoisotopic (exact) mass is 159 g/mol. The molecule has 3 heteroatoms. The van der Waals surface area contributed by atoms with Crippen LogP contribution in [0.2, 0.25) is 0 Å². The van der Waals surface area contributed by atoms with Gasteiger partial charge in [-0.2, -0.15) is 0 Å². The fourth-order valence-electron chi connectivity index (χ4n) is 0.507. The molecule has 0 aromatic heterocycles. The lowest BCUT2D eigenvalue weighted by Gasteiger charge is -2.11. The van der Waals surface area contributed by atoms with Gasteiger partial charge in [0.1, 0.15) is 0 Å². The predicted molar refractivity (Wildman–Crippen MR) is 41.6 cm³/mol. The molecule has 56 valence electrons. The van der Waals surface area contributed by atoms with E-state index in [1.54, 1.807) is 7.05 Å². The van der Waals surface area contributed by atoms with Crippen LogP contribution < -0.4 is 0 Å². The van der Waals surface area contributed by atoms with Crippen LogP contribution in [0, 0.1) is 11.3 Å². The summed E-state index contributed by atoms with van der Waals surface area (Å²) < 4.78 is 0. The number of nitrogens with zero attached hydrogens (tertiary/aromatic N) is 1. The lowest BCUT2D eigenvalue weighted by Crippen LogP contribution is -2.25. The average molecular weight is 160 g/mol. The standard InChI is InChI=1S/C7H10ClNO/c1-3-7(10)9(2)6-4-5-8/h3,6H2,1-2H3. The molecule has 2 nitrogen and oxygen atoms in total. The highest BCUT2D eigenvalue weighted by Gasteiger charge is 2.01. The smallest absolute Gasteiger partial charge is 0.222 e. The Morgan fingerprint density at radius 2 is 2.30 bits per heavy atom. The summed E-state index contributed by atoms with van der Waals surface area (Å²) in [4.78, 5) is 12.4. The Morgan fingerprint density at radius 1 is 1.70 bits per heavy atom. The number of halogens is 1. The first-order valence-electron chi connectivity index (χ1n) is 3.04. The maximum atomic E-state index is 10.8. The molecule has 0 heterocycles. The van der Waals surface area contributed by atoms with Crippen molar-refractivity contribution in [2.45, 2.75) is 13.3 Å². The highest BCUT2D eigenvalue weighted by molar-refractivity contribution is 6.30. The van der Waals surface area contributed by atoms with Crippen molar-refractivity contribution in [1.82, 2.24) is 4.90 Å². The van der Waals surface area contributed by atoms with E-state index in [1.807, 2.05) is 6.92 Å². The van der Waals surface area contributed by atoms with Crippen LogP contribution in [0.1, 0.15) is 13.3 Å². The summed E-state index contributed by atoms with van der Waals surface area (Å²) >= 11 is 5.09. The van der Waals surface area contributed by atoms with Gasteiger partial charge in [0.2, 0.25) is 5.91 Å². The second kappa shape index (κ2) is 5.13. The normalized spacial score (nSPS) is 7.90. The molecule has 0 aliphatic heterocycles. The van der Waals surface area contributed by atoms with E-state index < -0.39 is 0 Å². The molecule has 0 rings (SSSR count). The molecular weight excluding hydrogens is 150 g/mol. The highest BCUT2D eigenvalue weighted by Crippen LogP contribution is 1.87. The molecule has 0 aromatic rings. The fourth-order valence-corrected chi connectivity index (χ4v) is 0.566. The predicted octanol–water partition coefficient (Wildman–Crippen LogP) is 1.05. The molecule has 0 radical (unpaired) electrons. The summed E-state index contributed by atoms with van der Waals surface area (Å²) in [6.45, 7) is 2.23. The van der Waals surface area contributed by atoms with E-state index in [0.717, 1.165) is 0 Å². The molecule has 0 spiro atoms. The van der Waals surface area contributed by atoms with E-state index in [-0.39, 0.29) is 5.91 Å². The zero-order valence-corrected chi connectivity index (χ0v) is 6.90. The summed E-state index contributed by atoms with van der Waals surface area (Å²) in [5.74, 6) is 2.67. The minimum Gasteiger partial charge on any atom is -0.335 e. The number of hydrogen-bond donors (Lipinski definition) is 0. The van der Waals surface area contributed by atoms with Crippen molar-refractivity contribution >= 4 is 17.5 Å². The summed E-state index contributed by atoms with van der Waals surface area (Å²) in [5.41, 5.74) is 0. The Bertz CT molecular complexity index is 168. The summed E-state index contributed by atoms with van der Waals surface area (Å²) in [6.07, 6.45) is 0.514. The molecule has 0 aromatic carbocycles. The maximum absolute atomic E-state index is 10.8. The minimum absolute atomic E-state index is 0.0828. The van der Waals surface area contributed by atoms with Crippen LogP contribution in [-0.2, 0) is 4.79 Å². The van der Waals surface area contributed by atoms with Crippen molar-refractivity contribution < 1.29 is 4.79 Å². The zero-order chi connectivity index (χ0) is 7.98. The average Bonchev–Trinajstić information content (AvgIpc) is 1.98. The molecular formula is C7H10ClNO. The Kier molecular flexibility index (Phi) is 4.78. The van der Waals surface area contributed by atoms with Crippen LogP contribution in [0.25, 0.3) is 0 Å². The van der Waals surface area contributed by atoms with Crippen molar-refractivity contribution in [1.29, 1.82) is 0 Å². The van der Waals surface area contributed by atoms with Gasteiger partial charge in [-0.25, -0.2) is 0 Å². The van der Waals surface area contributed by atoms with E-state index in [9.17, 15) is 4.79 Å². The summed E-state index contributed by atoms with van der Waals surface area (Å²) in [5, 5.41) is 2.21. The van der Waals surface area contributed by atoms with Crippen molar-refractivity contribution in [3.8, 4) is 11.3 Å². The Labute approximate surface area is 66.2 Å². The molecule has 0 aliphatic carbocycles. The van der Waals surface area contributed by atoms with Crippen molar-refractivity contribution in [2.75, 3.05) is 13.6 Å². The van der Waals surface area contributed by atoms with Crippen LogP contribution in [0.5, 0.6) is 0 Å². The lowest BCUT2D eigenvalue weighted by atomic mass is 10.4. The van der Waals surface area contributed by atoms with E-state index in [0.29, 0.717) is 13.0 Å². The molecule has 0 bridgehead atoms. The largest absolute Gasteiger partial charge is 0.335 e. The number of rotatable bonds is 2. The molecule has 10 heavy (non-hydrogen) atoms. The lowest BCUT2D eigenvalue weighted by molar-refractivity contribution is -0.128. The van der Waals surface area contributed by atoms with Gasteiger partial charge in [-0.3, -0.25) is 4.79 Å². The van der Waals surface area contributed by atoms with Gasteiger partial charge < -0.3 is 4.90 Å². The number of carbonyl (C=O) groups is 1. The fraction of sp³-hybridized carbons (Fsp3) is 0.571. The Balaban J connectivity index is 3.69. The van der Waals surface area contributed by atoms with Gasteiger partial charge in [0, 0.05) is 18.8 Å². The maximum Gasteiger partial charge on any atom is 0.222 e. The van der Waals surface area contributed by atoms with Crippen LogP contribution in [0.15, 0.2) is 0 Å². The molecule has 0 saturated carbocycles. The molecule has 0 unspecified atom stereocenters. The first kappa shape index (κ1) is 9.32. The van der Waals surface area contributed by atoms with Crippen LogP contribution in [-0.4, -0.2) is 24.4 Å². The third-order valence-corrected chi connectivity index (χ3v) is 1.24. The SMILES string of the molecule is CCC(=O)N(C)CC#CCl. The Morgan fingerprint density at radius 3 is 2.70 bits per heavy atom. The van der Waals surface area contributed by atoms with Crippen LogP contribution >= 0.6 is 11.6 Å². The second-order valence-electron chi connectivity index (χ2n) is 1.87. The van der Waals surface area contributed by atoms with Crippen molar-refractivity contribution in [3.63, 3.8) is 0 Å². The van der Waals surface area contributed by atoms with Gasteiger partial charge in [-0.1, -0.05) is 12.8 Å². The first-order valence-corrected chi connectivity index (χ1v) is 3.42. The van der Waals surface area contributed by atoms with Crippen molar-refractivity contribution in [3.05, 3.63) is 0 Å². The number of amides is 1. The zero-order valence-electron chi connectivity index (χ0n) is 6.15. The van der Waals surface area contributed by atoms with Gasteiger partial charge in [0.05, 0.1) is 6.54 Å². The molecule has 0 saturated heterocycles. The third kappa shape index (κ3) is 3.37. The van der Waals surface area contributed by atoms with Crippen LogP contribution in [0.3, 0.4) is 0 Å². The first-order chi connectivity index (χ1) is 4.72. The van der Waals surface area contributed by atoms with Gasteiger partial charge >= 0.3 is 0 Å². The molecule has 0 fully saturated rings. The molecule has 0 N–H and O–H groups in total. The van der Waals surface area contributed by atoms with Crippen LogP contribution in [0.4, 0.5) is 0 Å². The Hall–Kier alpha value is -0.680. The van der Waals surface area contributed by atoms with E-state index in [1.165, 1.54) is 4.90 Å². The summed E-state index contributed by atoms with van der Waals surface area (Å²) in [6, 6.07) is 0. The van der Waals surface area contributed by atoms with Gasteiger partial charge in [0.15, 0.2) is 0 Å². The number of hydrogen-bond acceptors (Lipinski definition) is 1. The van der Waals surface area contributed by atoms with E-state index >= 15 is 0 Å². The topological polar surface area (TPSA) is 20.3 Å². The molecule has 1 amide bonds. The van der Waals surface area contributed by atoms with Gasteiger partial charge in [0.25, 0.3) is 0 Å². The van der Waals surface area contributed by atoms with E-state index in [2.05, 4.69) is 11.3 Å². The second-order valence-corrected chi connectivity index (χ2v) is 2.06. The van der Waals surface area contributed by atoms with E-state index in [4.69, 9.17) is 11.6 Å². The highest BCUT2D eigenvalue weighted by atomic mass is 35.5. The molecule has 0 aliphatic rings.